The molecule has 0 aliphatic carbocycles. The predicted molar refractivity (Wildman–Crippen MR) is 86.1 cm³/mol. The van der Waals surface area contributed by atoms with Crippen LogP contribution in [0.1, 0.15) is 52.8 Å². The van der Waals surface area contributed by atoms with E-state index in [4.69, 9.17) is 5.73 Å². The van der Waals surface area contributed by atoms with Gasteiger partial charge >= 0.3 is 0 Å². The van der Waals surface area contributed by atoms with E-state index in [1.807, 2.05) is 38.7 Å². The van der Waals surface area contributed by atoms with Gasteiger partial charge in [-0.3, -0.25) is 9.48 Å². The third kappa shape index (κ3) is 5.16. The third-order valence-corrected chi connectivity index (χ3v) is 3.23. The van der Waals surface area contributed by atoms with Gasteiger partial charge in [-0.1, -0.05) is 20.8 Å². The van der Waals surface area contributed by atoms with Crippen LogP contribution in [0, 0.1) is 5.92 Å². The Balaban J connectivity index is 2.95. The van der Waals surface area contributed by atoms with Crippen LogP contribution in [0.25, 0.3) is 0 Å². The normalized spacial score (nSPS) is 14.1. The smallest absolute Gasteiger partial charge is 0.225 e. The van der Waals surface area contributed by atoms with Gasteiger partial charge in [0.15, 0.2) is 0 Å². The van der Waals surface area contributed by atoms with E-state index >= 15 is 0 Å². The van der Waals surface area contributed by atoms with E-state index < -0.39 is 0 Å². The Morgan fingerprint density at radius 2 is 1.90 bits per heavy atom. The summed E-state index contributed by atoms with van der Waals surface area (Å²) in [5.41, 5.74) is 7.66. The van der Waals surface area contributed by atoms with Gasteiger partial charge in [-0.25, -0.2) is 0 Å². The average Bonchev–Trinajstić information content (AvgIpc) is 2.64. The fourth-order valence-electron chi connectivity index (χ4n) is 2.34. The van der Waals surface area contributed by atoms with Gasteiger partial charge in [-0.05, 0) is 32.8 Å². The molecule has 1 aromatic rings. The molecule has 1 heterocycles. The Labute approximate surface area is 128 Å². The average molecular weight is 294 g/mol. The second-order valence-corrected chi connectivity index (χ2v) is 7.80. The number of hydrogen-bond donors (Lipinski definition) is 2. The standard InChI is InChI=1S/C16H30N4O/c1-15(2,3)13-12(10-20(7)19-13)8-11(9-17)14(21)18-16(4,5)6/h10-11H,8-9,17H2,1-7H3,(H,18,21). The lowest BCUT2D eigenvalue weighted by Crippen LogP contribution is -2.46. The SMILES string of the molecule is Cn1cc(CC(CN)C(=O)NC(C)(C)C)c(C(C)(C)C)n1. The van der Waals surface area contributed by atoms with Gasteiger partial charge in [-0.15, -0.1) is 0 Å². The molecule has 120 valence electrons. The minimum absolute atomic E-state index is 0.00807. The Bertz CT molecular complexity index is 491. The molecule has 1 unspecified atom stereocenters. The number of rotatable bonds is 4. The first-order valence-electron chi connectivity index (χ1n) is 7.49. The predicted octanol–water partition coefficient (Wildman–Crippen LogP) is 1.75. The van der Waals surface area contributed by atoms with Crippen LogP contribution in [0.2, 0.25) is 0 Å². The van der Waals surface area contributed by atoms with Gasteiger partial charge in [0, 0.05) is 30.7 Å². The van der Waals surface area contributed by atoms with Crippen molar-refractivity contribution in [3.8, 4) is 0 Å². The molecule has 5 nitrogen and oxygen atoms in total. The molecular formula is C16H30N4O. The van der Waals surface area contributed by atoms with Gasteiger partial charge in [0.25, 0.3) is 0 Å². The number of nitrogens with two attached hydrogens (primary N) is 1. The van der Waals surface area contributed by atoms with Crippen LogP contribution in [0.4, 0.5) is 0 Å². The summed E-state index contributed by atoms with van der Waals surface area (Å²) in [6.07, 6.45) is 2.62. The van der Waals surface area contributed by atoms with Crippen molar-refractivity contribution in [2.24, 2.45) is 18.7 Å². The molecule has 0 radical (unpaired) electrons. The van der Waals surface area contributed by atoms with Crippen molar-refractivity contribution in [2.45, 2.75) is 58.9 Å². The lowest BCUT2D eigenvalue weighted by molar-refractivity contribution is -0.126. The van der Waals surface area contributed by atoms with Crippen LogP contribution < -0.4 is 11.1 Å². The van der Waals surface area contributed by atoms with Crippen molar-refractivity contribution in [1.82, 2.24) is 15.1 Å². The van der Waals surface area contributed by atoms with Gasteiger partial charge in [0.05, 0.1) is 11.6 Å². The minimum atomic E-state index is -0.244. The molecule has 0 aromatic carbocycles. The summed E-state index contributed by atoms with van der Waals surface area (Å²) in [5.74, 6) is -0.219. The van der Waals surface area contributed by atoms with Crippen LogP contribution in [-0.2, 0) is 23.7 Å². The quantitative estimate of drug-likeness (QED) is 0.888. The summed E-state index contributed by atoms with van der Waals surface area (Å²) in [6.45, 7) is 12.7. The number of hydrogen-bond acceptors (Lipinski definition) is 3. The molecule has 0 fully saturated rings. The van der Waals surface area contributed by atoms with Crippen molar-refractivity contribution in [3.63, 3.8) is 0 Å². The summed E-state index contributed by atoms with van der Waals surface area (Å²) < 4.78 is 1.81. The lowest BCUT2D eigenvalue weighted by Gasteiger charge is -2.25. The van der Waals surface area contributed by atoms with Crippen molar-refractivity contribution in [2.75, 3.05) is 6.54 Å². The lowest BCUT2D eigenvalue weighted by atomic mass is 9.86. The van der Waals surface area contributed by atoms with E-state index in [2.05, 4.69) is 31.2 Å². The second kappa shape index (κ2) is 6.18. The van der Waals surface area contributed by atoms with Crippen molar-refractivity contribution in [1.29, 1.82) is 0 Å². The van der Waals surface area contributed by atoms with Gasteiger partial charge < -0.3 is 11.1 Å². The molecule has 0 saturated carbocycles. The molecule has 1 amide bonds. The summed E-state index contributed by atoms with van der Waals surface area (Å²) in [6, 6.07) is 0. The van der Waals surface area contributed by atoms with Crippen molar-refractivity contribution >= 4 is 5.91 Å². The molecule has 0 aliphatic heterocycles. The molecule has 0 spiro atoms. The Hall–Kier alpha value is -1.36. The van der Waals surface area contributed by atoms with Gasteiger partial charge in [0.2, 0.25) is 5.91 Å². The van der Waals surface area contributed by atoms with E-state index in [0.29, 0.717) is 13.0 Å². The maximum absolute atomic E-state index is 12.3. The molecule has 0 saturated heterocycles. The maximum Gasteiger partial charge on any atom is 0.225 e. The number of carbonyl (C=O) groups is 1. The van der Waals surface area contributed by atoms with E-state index in [0.717, 1.165) is 11.3 Å². The molecular weight excluding hydrogens is 264 g/mol. The van der Waals surface area contributed by atoms with E-state index in [-0.39, 0.29) is 22.8 Å². The van der Waals surface area contributed by atoms with E-state index in [9.17, 15) is 4.79 Å². The zero-order chi connectivity index (χ0) is 16.4. The third-order valence-electron chi connectivity index (χ3n) is 3.23. The van der Waals surface area contributed by atoms with Crippen LogP contribution in [0.5, 0.6) is 0 Å². The number of nitrogens with zero attached hydrogens (tertiary/aromatic N) is 2. The molecule has 5 heteroatoms. The second-order valence-electron chi connectivity index (χ2n) is 7.80. The fraction of sp³-hybridized carbons (Fsp3) is 0.750. The summed E-state index contributed by atoms with van der Waals surface area (Å²) in [7, 11) is 1.91. The highest BCUT2D eigenvalue weighted by molar-refractivity contribution is 5.79. The minimum Gasteiger partial charge on any atom is -0.351 e. The van der Waals surface area contributed by atoms with Crippen LogP contribution in [0.15, 0.2) is 6.20 Å². The van der Waals surface area contributed by atoms with Crippen LogP contribution in [0.3, 0.4) is 0 Å². The maximum atomic E-state index is 12.3. The molecule has 1 atom stereocenters. The van der Waals surface area contributed by atoms with Crippen LogP contribution >= 0.6 is 0 Å². The van der Waals surface area contributed by atoms with E-state index in [1.165, 1.54) is 0 Å². The Morgan fingerprint density at radius 1 is 1.33 bits per heavy atom. The number of carbonyl (C=O) groups excluding carboxylic acids is 1. The number of nitrogens with one attached hydrogen (secondary N) is 1. The largest absolute Gasteiger partial charge is 0.351 e. The highest BCUT2D eigenvalue weighted by Crippen LogP contribution is 2.26. The zero-order valence-electron chi connectivity index (χ0n) is 14.4. The summed E-state index contributed by atoms with van der Waals surface area (Å²) in [5, 5.41) is 7.56. The summed E-state index contributed by atoms with van der Waals surface area (Å²) >= 11 is 0. The Kier molecular flexibility index (Phi) is 5.20. The molecule has 1 rings (SSSR count). The molecule has 1 aromatic heterocycles. The molecule has 0 bridgehead atoms. The first-order chi connectivity index (χ1) is 9.44. The van der Waals surface area contributed by atoms with Gasteiger partial charge in [0.1, 0.15) is 0 Å². The first-order valence-corrected chi connectivity index (χ1v) is 7.49. The highest BCUT2D eigenvalue weighted by atomic mass is 16.2. The number of aromatic nitrogens is 2. The number of aryl methyl sites for hydroxylation is 1. The zero-order valence-corrected chi connectivity index (χ0v) is 14.4. The number of amides is 1. The summed E-state index contributed by atoms with van der Waals surface area (Å²) in [4.78, 5) is 12.3. The van der Waals surface area contributed by atoms with Gasteiger partial charge in [-0.2, -0.15) is 5.10 Å². The van der Waals surface area contributed by atoms with Crippen LogP contribution in [-0.4, -0.2) is 27.8 Å². The molecule has 21 heavy (non-hydrogen) atoms. The molecule has 0 aliphatic rings. The van der Waals surface area contributed by atoms with Crippen molar-refractivity contribution in [3.05, 3.63) is 17.5 Å². The van der Waals surface area contributed by atoms with Crippen molar-refractivity contribution < 1.29 is 4.79 Å². The highest BCUT2D eigenvalue weighted by Gasteiger charge is 2.27. The monoisotopic (exact) mass is 294 g/mol. The first kappa shape index (κ1) is 17.7. The molecule has 3 N–H and O–H groups in total. The van der Waals surface area contributed by atoms with E-state index in [1.54, 1.807) is 0 Å². The Morgan fingerprint density at radius 3 is 2.33 bits per heavy atom. The topological polar surface area (TPSA) is 72.9 Å². The fourth-order valence-corrected chi connectivity index (χ4v) is 2.34.